The average molecular weight is 308 g/mol. The summed E-state index contributed by atoms with van der Waals surface area (Å²) in [6.45, 7) is 0.936. The van der Waals surface area contributed by atoms with Crippen LogP contribution < -0.4 is 16.4 Å². The van der Waals surface area contributed by atoms with Crippen LogP contribution in [0.4, 0.5) is 11.4 Å². The second-order valence-corrected chi connectivity index (χ2v) is 6.62. The van der Waals surface area contributed by atoms with Crippen molar-refractivity contribution in [2.75, 3.05) is 17.2 Å². The molecule has 0 radical (unpaired) electrons. The molecule has 3 rings (SSSR count). The maximum atomic E-state index is 11.8. The first-order chi connectivity index (χ1) is 10.1. The Morgan fingerprint density at radius 1 is 1.19 bits per heavy atom. The minimum absolute atomic E-state index is 0.449. The van der Waals surface area contributed by atoms with Gasteiger partial charge in [0.15, 0.2) is 0 Å². The van der Waals surface area contributed by atoms with Crippen LogP contribution in [0.1, 0.15) is 48.9 Å². The molecule has 1 amide bonds. The van der Waals surface area contributed by atoms with E-state index >= 15 is 0 Å². The van der Waals surface area contributed by atoms with Gasteiger partial charge in [-0.1, -0.05) is 24.4 Å². The van der Waals surface area contributed by atoms with Gasteiger partial charge in [0, 0.05) is 18.3 Å². The third-order valence-corrected chi connectivity index (χ3v) is 5.17. The third kappa shape index (κ3) is 2.69. The van der Waals surface area contributed by atoms with Gasteiger partial charge in [0.05, 0.1) is 16.3 Å². The molecule has 1 unspecified atom stereocenters. The Labute approximate surface area is 130 Å². The van der Waals surface area contributed by atoms with Gasteiger partial charge in [-0.15, -0.1) is 0 Å². The second kappa shape index (κ2) is 5.76. The molecule has 2 aliphatic rings. The van der Waals surface area contributed by atoms with Crippen molar-refractivity contribution in [3.05, 3.63) is 22.7 Å². The largest absolute Gasteiger partial charge is 0.399 e. The predicted molar refractivity (Wildman–Crippen MR) is 86.7 cm³/mol. The zero-order valence-electron chi connectivity index (χ0n) is 12.1. The molecule has 1 aliphatic carbocycles. The highest BCUT2D eigenvalue weighted by Crippen LogP contribution is 2.42. The maximum absolute atomic E-state index is 11.8. The summed E-state index contributed by atoms with van der Waals surface area (Å²) in [6.07, 6.45) is 7.49. The van der Waals surface area contributed by atoms with Crippen LogP contribution in [-0.4, -0.2) is 18.5 Å². The van der Waals surface area contributed by atoms with Gasteiger partial charge in [0.1, 0.15) is 0 Å². The number of nitrogens with two attached hydrogens (primary N) is 2. The smallest absolute Gasteiger partial charge is 0.250 e. The molecular formula is C16H22ClN3O. The van der Waals surface area contributed by atoms with E-state index in [1.54, 1.807) is 12.1 Å². The van der Waals surface area contributed by atoms with E-state index in [1.165, 1.54) is 32.1 Å². The van der Waals surface area contributed by atoms with Crippen molar-refractivity contribution in [3.63, 3.8) is 0 Å². The number of nitrogens with zero attached hydrogens (tertiary/aromatic N) is 1. The Morgan fingerprint density at radius 3 is 2.57 bits per heavy atom. The van der Waals surface area contributed by atoms with Gasteiger partial charge >= 0.3 is 0 Å². The van der Waals surface area contributed by atoms with Gasteiger partial charge < -0.3 is 16.4 Å². The molecule has 21 heavy (non-hydrogen) atoms. The SMILES string of the molecule is NC(=O)c1cc(N)cc(Cl)c1N1CCCC1C1CCCC1. The summed E-state index contributed by atoms with van der Waals surface area (Å²) in [5.41, 5.74) is 13.1. The summed E-state index contributed by atoms with van der Waals surface area (Å²) in [6, 6.07) is 3.84. The van der Waals surface area contributed by atoms with E-state index in [1.807, 2.05) is 0 Å². The van der Waals surface area contributed by atoms with Crippen molar-refractivity contribution >= 4 is 28.9 Å². The molecule has 5 heteroatoms. The van der Waals surface area contributed by atoms with Gasteiger partial charge in [0.2, 0.25) is 0 Å². The summed E-state index contributed by atoms with van der Waals surface area (Å²) in [5, 5.41) is 0.536. The van der Waals surface area contributed by atoms with E-state index in [2.05, 4.69) is 4.90 Å². The fourth-order valence-electron chi connectivity index (χ4n) is 4.00. The summed E-state index contributed by atoms with van der Waals surface area (Å²) in [4.78, 5) is 14.1. The Hall–Kier alpha value is -1.42. The fraction of sp³-hybridized carbons (Fsp3) is 0.562. The number of hydrogen-bond donors (Lipinski definition) is 2. The summed E-state index contributed by atoms with van der Waals surface area (Å²) >= 11 is 6.40. The minimum atomic E-state index is -0.462. The molecule has 4 N–H and O–H groups in total. The van der Waals surface area contributed by atoms with E-state index in [0.717, 1.165) is 18.7 Å². The first-order valence-electron chi connectivity index (χ1n) is 7.73. The topological polar surface area (TPSA) is 72.3 Å². The van der Waals surface area contributed by atoms with E-state index in [4.69, 9.17) is 23.1 Å². The van der Waals surface area contributed by atoms with Crippen LogP contribution in [0, 0.1) is 5.92 Å². The summed E-state index contributed by atoms with van der Waals surface area (Å²) in [5.74, 6) is 0.248. The van der Waals surface area contributed by atoms with Crippen LogP contribution in [0.5, 0.6) is 0 Å². The molecule has 114 valence electrons. The quantitative estimate of drug-likeness (QED) is 0.842. The number of hydrogen-bond acceptors (Lipinski definition) is 3. The molecule has 0 bridgehead atoms. The van der Waals surface area contributed by atoms with E-state index in [-0.39, 0.29) is 0 Å². The van der Waals surface area contributed by atoms with E-state index < -0.39 is 5.91 Å². The number of rotatable bonds is 3. The molecule has 1 saturated heterocycles. The van der Waals surface area contributed by atoms with Gasteiger partial charge in [-0.3, -0.25) is 4.79 Å². The van der Waals surface area contributed by atoms with Crippen molar-refractivity contribution in [2.24, 2.45) is 11.7 Å². The molecule has 1 aliphatic heterocycles. The van der Waals surface area contributed by atoms with Crippen LogP contribution in [0.3, 0.4) is 0 Å². The van der Waals surface area contributed by atoms with Crippen LogP contribution in [0.15, 0.2) is 12.1 Å². The Kier molecular flexibility index (Phi) is 3.98. The highest BCUT2D eigenvalue weighted by Gasteiger charge is 2.35. The lowest BCUT2D eigenvalue weighted by Crippen LogP contribution is -2.36. The normalized spacial score (nSPS) is 22.9. The van der Waals surface area contributed by atoms with Crippen LogP contribution >= 0.6 is 11.6 Å². The molecule has 1 atom stereocenters. The first kappa shape index (κ1) is 14.5. The number of benzene rings is 1. The monoisotopic (exact) mass is 307 g/mol. The predicted octanol–water partition coefficient (Wildman–Crippen LogP) is 3.18. The molecule has 1 saturated carbocycles. The van der Waals surface area contributed by atoms with Crippen molar-refractivity contribution in [2.45, 2.75) is 44.6 Å². The zero-order valence-corrected chi connectivity index (χ0v) is 12.9. The molecule has 1 heterocycles. The molecule has 0 spiro atoms. The van der Waals surface area contributed by atoms with Gasteiger partial charge in [-0.25, -0.2) is 0 Å². The fourth-order valence-corrected chi connectivity index (χ4v) is 4.34. The molecule has 2 fully saturated rings. The van der Waals surface area contributed by atoms with Crippen LogP contribution in [0.2, 0.25) is 5.02 Å². The lowest BCUT2D eigenvalue weighted by Gasteiger charge is -2.33. The molecule has 1 aromatic carbocycles. The lowest BCUT2D eigenvalue weighted by molar-refractivity contribution is 0.100. The first-order valence-corrected chi connectivity index (χ1v) is 8.11. The molecular weight excluding hydrogens is 286 g/mol. The number of primary amides is 1. The zero-order chi connectivity index (χ0) is 15.0. The van der Waals surface area contributed by atoms with Crippen molar-refractivity contribution in [3.8, 4) is 0 Å². The number of anilines is 2. The number of amides is 1. The Morgan fingerprint density at radius 2 is 1.90 bits per heavy atom. The summed E-state index contributed by atoms with van der Waals surface area (Å²) in [7, 11) is 0. The van der Waals surface area contributed by atoms with E-state index in [0.29, 0.717) is 28.2 Å². The van der Waals surface area contributed by atoms with Crippen LogP contribution in [-0.2, 0) is 0 Å². The standard InChI is InChI=1S/C16H22ClN3O/c17-13-9-11(18)8-12(16(19)21)15(13)20-7-3-6-14(20)10-4-1-2-5-10/h8-10,14H,1-7,18H2,(H2,19,21). The Balaban J connectivity index is 2.00. The molecule has 1 aromatic rings. The second-order valence-electron chi connectivity index (χ2n) is 6.21. The molecule has 0 aromatic heterocycles. The molecule has 4 nitrogen and oxygen atoms in total. The number of nitrogen functional groups attached to an aromatic ring is 1. The maximum Gasteiger partial charge on any atom is 0.250 e. The van der Waals surface area contributed by atoms with Gasteiger partial charge in [0.25, 0.3) is 5.91 Å². The average Bonchev–Trinajstić information content (AvgIpc) is 3.07. The minimum Gasteiger partial charge on any atom is -0.399 e. The van der Waals surface area contributed by atoms with Crippen LogP contribution in [0.25, 0.3) is 0 Å². The summed E-state index contributed by atoms with van der Waals surface area (Å²) < 4.78 is 0. The van der Waals surface area contributed by atoms with Crippen molar-refractivity contribution in [1.29, 1.82) is 0 Å². The number of carbonyl (C=O) groups is 1. The van der Waals surface area contributed by atoms with Gasteiger partial charge in [-0.2, -0.15) is 0 Å². The van der Waals surface area contributed by atoms with Crippen molar-refractivity contribution in [1.82, 2.24) is 0 Å². The third-order valence-electron chi connectivity index (χ3n) is 4.88. The van der Waals surface area contributed by atoms with Gasteiger partial charge in [-0.05, 0) is 43.7 Å². The number of carbonyl (C=O) groups excluding carboxylic acids is 1. The van der Waals surface area contributed by atoms with Crippen molar-refractivity contribution < 1.29 is 4.79 Å². The number of halogens is 1. The highest BCUT2D eigenvalue weighted by molar-refractivity contribution is 6.34. The highest BCUT2D eigenvalue weighted by atomic mass is 35.5. The Bertz CT molecular complexity index is 555. The van der Waals surface area contributed by atoms with E-state index in [9.17, 15) is 4.79 Å². The lowest BCUT2D eigenvalue weighted by atomic mass is 9.95.